The van der Waals surface area contributed by atoms with Gasteiger partial charge in [-0.1, -0.05) is 31.2 Å². The van der Waals surface area contributed by atoms with Crippen molar-refractivity contribution < 1.29 is 0 Å². The van der Waals surface area contributed by atoms with Crippen molar-refractivity contribution in [2.75, 3.05) is 19.6 Å². The summed E-state index contributed by atoms with van der Waals surface area (Å²) >= 11 is 0. The first-order valence-electron chi connectivity index (χ1n) is 9.41. The van der Waals surface area contributed by atoms with Gasteiger partial charge in [0.2, 0.25) is 0 Å². The van der Waals surface area contributed by atoms with Gasteiger partial charge in [0.25, 0.3) is 0 Å². The molecule has 1 aliphatic heterocycles. The number of aliphatic imine (C=N–C) groups is 1. The van der Waals surface area contributed by atoms with Crippen LogP contribution in [0.25, 0.3) is 0 Å². The Kier molecular flexibility index (Phi) is 10.4. The fourth-order valence-corrected chi connectivity index (χ4v) is 2.99. The van der Waals surface area contributed by atoms with E-state index in [0.717, 1.165) is 25.0 Å². The lowest BCUT2D eigenvalue weighted by Gasteiger charge is -2.30. The van der Waals surface area contributed by atoms with Gasteiger partial charge in [-0.2, -0.15) is 0 Å². The molecule has 0 saturated carbocycles. The standard InChI is InChI=1S/C20H34N4.HI/c1-5-21-20(23-16(2)3)22-14-18-6-8-19(9-7-18)15-24-12-10-17(4)11-13-24;/h6-9,16-17H,5,10-15H2,1-4H3,(H2,21,22,23);1H. The number of nitrogens with zero attached hydrogens (tertiary/aromatic N) is 2. The van der Waals surface area contributed by atoms with E-state index in [-0.39, 0.29) is 24.0 Å². The Morgan fingerprint density at radius 2 is 1.76 bits per heavy atom. The van der Waals surface area contributed by atoms with Gasteiger partial charge in [0.15, 0.2) is 5.96 Å². The molecule has 1 saturated heterocycles. The molecule has 0 spiro atoms. The van der Waals surface area contributed by atoms with E-state index in [1.165, 1.54) is 37.1 Å². The van der Waals surface area contributed by atoms with Crippen LogP contribution in [0.4, 0.5) is 0 Å². The van der Waals surface area contributed by atoms with Gasteiger partial charge >= 0.3 is 0 Å². The molecule has 0 bridgehead atoms. The first-order valence-corrected chi connectivity index (χ1v) is 9.41. The summed E-state index contributed by atoms with van der Waals surface area (Å²) in [5.74, 6) is 1.78. The van der Waals surface area contributed by atoms with Gasteiger partial charge in [0.1, 0.15) is 0 Å². The minimum atomic E-state index is 0. The Bertz CT molecular complexity index is 505. The van der Waals surface area contributed by atoms with E-state index < -0.39 is 0 Å². The lowest BCUT2D eigenvalue weighted by Crippen LogP contribution is -2.40. The Balaban J connectivity index is 0.00000312. The average molecular weight is 458 g/mol. The van der Waals surface area contributed by atoms with Crippen molar-refractivity contribution in [3.63, 3.8) is 0 Å². The normalized spacial score (nSPS) is 16.6. The maximum absolute atomic E-state index is 4.66. The molecule has 1 fully saturated rings. The molecule has 1 aliphatic rings. The average Bonchev–Trinajstić information content (AvgIpc) is 2.56. The van der Waals surface area contributed by atoms with Crippen molar-refractivity contribution >= 4 is 29.9 Å². The van der Waals surface area contributed by atoms with Crippen LogP contribution in [0, 0.1) is 5.92 Å². The maximum Gasteiger partial charge on any atom is 0.191 e. The quantitative estimate of drug-likeness (QED) is 0.385. The Hall–Kier alpha value is -0.820. The zero-order chi connectivity index (χ0) is 17.4. The Morgan fingerprint density at radius 3 is 2.32 bits per heavy atom. The van der Waals surface area contributed by atoms with E-state index in [1.54, 1.807) is 0 Å². The second-order valence-corrected chi connectivity index (χ2v) is 7.27. The SMILES string of the molecule is CCNC(=NCc1ccc(CN2CCC(C)CC2)cc1)NC(C)C.I. The molecule has 0 atom stereocenters. The predicted octanol–water partition coefficient (Wildman–Crippen LogP) is 4.00. The maximum atomic E-state index is 4.66. The number of likely N-dealkylation sites (tertiary alicyclic amines) is 1. The molecule has 1 aromatic rings. The van der Waals surface area contributed by atoms with Gasteiger partial charge in [-0.05, 0) is 63.7 Å². The van der Waals surface area contributed by atoms with E-state index in [2.05, 4.69) is 72.5 Å². The summed E-state index contributed by atoms with van der Waals surface area (Å²) < 4.78 is 0. The van der Waals surface area contributed by atoms with Gasteiger partial charge in [-0.15, -0.1) is 24.0 Å². The topological polar surface area (TPSA) is 39.7 Å². The van der Waals surface area contributed by atoms with Crippen molar-refractivity contribution in [1.82, 2.24) is 15.5 Å². The number of nitrogens with one attached hydrogen (secondary N) is 2. The molecule has 2 rings (SSSR count). The van der Waals surface area contributed by atoms with Crippen LogP contribution < -0.4 is 10.6 Å². The van der Waals surface area contributed by atoms with Crippen LogP contribution in [0.5, 0.6) is 0 Å². The first-order chi connectivity index (χ1) is 11.6. The van der Waals surface area contributed by atoms with Crippen LogP contribution in [0.1, 0.15) is 51.7 Å². The predicted molar refractivity (Wildman–Crippen MR) is 119 cm³/mol. The lowest BCUT2D eigenvalue weighted by molar-refractivity contribution is 0.185. The molecule has 0 aromatic heterocycles. The van der Waals surface area contributed by atoms with E-state index in [1.807, 2.05) is 0 Å². The molecule has 25 heavy (non-hydrogen) atoms. The van der Waals surface area contributed by atoms with E-state index in [4.69, 9.17) is 0 Å². The van der Waals surface area contributed by atoms with Gasteiger partial charge in [0, 0.05) is 19.1 Å². The van der Waals surface area contributed by atoms with Crippen LogP contribution in [0.2, 0.25) is 0 Å². The molecule has 4 nitrogen and oxygen atoms in total. The molecule has 0 unspecified atom stereocenters. The summed E-state index contributed by atoms with van der Waals surface area (Å²) in [5, 5.41) is 6.64. The highest BCUT2D eigenvalue weighted by molar-refractivity contribution is 14.0. The number of benzene rings is 1. The highest BCUT2D eigenvalue weighted by atomic mass is 127. The number of hydrogen-bond donors (Lipinski definition) is 2. The van der Waals surface area contributed by atoms with Crippen molar-refractivity contribution in [3.8, 4) is 0 Å². The third-order valence-corrected chi connectivity index (χ3v) is 4.49. The number of rotatable bonds is 6. The van der Waals surface area contributed by atoms with Crippen molar-refractivity contribution in [2.45, 2.75) is 59.7 Å². The van der Waals surface area contributed by atoms with Crippen LogP contribution in [-0.4, -0.2) is 36.5 Å². The lowest BCUT2D eigenvalue weighted by atomic mass is 9.99. The summed E-state index contributed by atoms with van der Waals surface area (Å²) in [4.78, 5) is 7.23. The third kappa shape index (κ3) is 8.40. The molecular formula is C20H35IN4. The minimum Gasteiger partial charge on any atom is -0.357 e. The van der Waals surface area contributed by atoms with Crippen molar-refractivity contribution in [3.05, 3.63) is 35.4 Å². The van der Waals surface area contributed by atoms with Crippen molar-refractivity contribution in [2.24, 2.45) is 10.9 Å². The summed E-state index contributed by atoms with van der Waals surface area (Å²) in [7, 11) is 0. The van der Waals surface area contributed by atoms with E-state index >= 15 is 0 Å². The van der Waals surface area contributed by atoms with Crippen molar-refractivity contribution in [1.29, 1.82) is 0 Å². The summed E-state index contributed by atoms with van der Waals surface area (Å²) in [6.45, 7) is 13.9. The molecule has 0 radical (unpaired) electrons. The number of piperidine rings is 1. The smallest absolute Gasteiger partial charge is 0.191 e. The van der Waals surface area contributed by atoms with E-state index in [0.29, 0.717) is 12.6 Å². The number of hydrogen-bond acceptors (Lipinski definition) is 2. The molecule has 0 amide bonds. The second kappa shape index (κ2) is 11.7. The molecule has 5 heteroatoms. The Labute approximate surface area is 170 Å². The zero-order valence-corrected chi connectivity index (χ0v) is 18.5. The molecule has 1 heterocycles. The number of guanidine groups is 1. The van der Waals surface area contributed by atoms with Gasteiger partial charge in [0.05, 0.1) is 6.54 Å². The Morgan fingerprint density at radius 1 is 1.16 bits per heavy atom. The zero-order valence-electron chi connectivity index (χ0n) is 16.2. The third-order valence-electron chi connectivity index (χ3n) is 4.49. The monoisotopic (exact) mass is 458 g/mol. The minimum absolute atomic E-state index is 0. The second-order valence-electron chi connectivity index (χ2n) is 7.27. The molecule has 1 aromatic carbocycles. The largest absolute Gasteiger partial charge is 0.357 e. The molecule has 2 N–H and O–H groups in total. The van der Waals surface area contributed by atoms with Crippen LogP contribution in [-0.2, 0) is 13.1 Å². The van der Waals surface area contributed by atoms with Gasteiger partial charge in [-0.3, -0.25) is 4.90 Å². The van der Waals surface area contributed by atoms with E-state index in [9.17, 15) is 0 Å². The summed E-state index contributed by atoms with van der Waals surface area (Å²) in [5.41, 5.74) is 2.66. The molecule has 142 valence electrons. The summed E-state index contributed by atoms with van der Waals surface area (Å²) in [6.07, 6.45) is 2.67. The van der Waals surface area contributed by atoms with Gasteiger partial charge < -0.3 is 10.6 Å². The highest BCUT2D eigenvalue weighted by Crippen LogP contribution is 2.18. The number of halogens is 1. The summed E-state index contributed by atoms with van der Waals surface area (Å²) in [6, 6.07) is 9.32. The van der Waals surface area contributed by atoms with Crippen LogP contribution in [0.15, 0.2) is 29.3 Å². The fraction of sp³-hybridized carbons (Fsp3) is 0.650. The fourth-order valence-electron chi connectivity index (χ4n) is 2.99. The van der Waals surface area contributed by atoms with Crippen LogP contribution >= 0.6 is 24.0 Å². The van der Waals surface area contributed by atoms with Crippen LogP contribution in [0.3, 0.4) is 0 Å². The van der Waals surface area contributed by atoms with Gasteiger partial charge in [-0.25, -0.2) is 4.99 Å². The molecule has 0 aliphatic carbocycles. The molecular weight excluding hydrogens is 423 g/mol. The highest BCUT2D eigenvalue weighted by Gasteiger charge is 2.15. The first kappa shape index (κ1) is 22.2.